The van der Waals surface area contributed by atoms with Crippen LogP contribution in [-0.2, 0) is 0 Å². The van der Waals surface area contributed by atoms with Gasteiger partial charge in [-0.15, -0.1) is 0 Å². The summed E-state index contributed by atoms with van der Waals surface area (Å²) in [5.74, 6) is 0. The lowest BCUT2D eigenvalue weighted by atomic mass is 10.1. The van der Waals surface area contributed by atoms with Crippen molar-refractivity contribution in [3.8, 4) is 0 Å². The highest BCUT2D eigenvalue weighted by Gasteiger charge is 2.13. The van der Waals surface area contributed by atoms with Gasteiger partial charge in [-0.25, -0.2) is 0 Å². The van der Waals surface area contributed by atoms with Crippen molar-refractivity contribution >= 4 is 11.4 Å². The lowest BCUT2D eigenvalue weighted by Gasteiger charge is -2.30. The van der Waals surface area contributed by atoms with Crippen molar-refractivity contribution in [1.29, 1.82) is 0 Å². The van der Waals surface area contributed by atoms with Gasteiger partial charge in [-0.05, 0) is 57.5 Å². The van der Waals surface area contributed by atoms with E-state index < -0.39 is 0 Å². The molecule has 1 aliphatic heterocycles. The van der Waals surface area contributed by atoms with E-state index >= 15 is 0 Å². The van der Waals surface area contributed by atoms with Crippen molar-refractivity contribution in [1.82, 2.24) is 4.90 Å². The van der Waals surface area contributed by atoms with Crippen LogP contribution in [0.3, 0.4) is 0 Å². The smallest absolute Gasteiger partial charge is 0.0579 e. The number of nitrogens with zero attached hydrogens (tertiary/aromatic N) is 1. The molecule has 1 atom stereocenters. The van der Waals surface area contributed by atoms with Gasteiger partial charge < -0.3 is 16.0 Å². The predicted molar refractivity (Wildman–Crippen MR) is 79.0 cm³/mol. The first-order valence-electron chi connectivity index (χ1n) is 7.00. The number of aryl methyl sites for hydroxylation is 1. The third-order valence-electron chi connectivity index (χ3n) is 3.59. The van der Waals surface area contributed by atoms with Crippen LogP contribution in [0.1, 0.15) is 31.7 Å². The van der Waals surface area contributed by atoms with Gasteiger partial charge in [0.25, 0.3) is 0 Å². The molecular formula is C15H25N3. The van der Waals surface area contributed by atoms with Crippen LogP contribution in [0.4, 0.5) is 11.4 Å². The second-order valence-corrected chi connectivity index (χ2v) is 5.50. The number of nitrogens with two attached hydrogens (primary N) is 1. The van der Waals surface area contributed by atoms with Crippen LogP contribution in [0.15, 0.2) is 18.2 Å². The van der Waals surface area contributed by atoms with Gasteiger partial charge in [0, 0.05) is 12.6 Å². The molecule has 0 radical (unpaired) electrons. The Morgan fingerprint density at radius 1 is 1.28 bits per heavy atom. The molecule has 0 aromatic heterocycles. The Morgan fingerprint density at radius 2 is 2.00 bits per heavy atom. The molecule has 2 rings (SSSR count). The molecule has 3 nitrogen and oxygen atoms in total. The Hall–Kier alpha value is -1.22. The summed E-state index contributed by atoms with van der Waals surface area (Å²) in [7, 11) is 0. The van der Waals surface area contributed by atoms with E-state index in [0.29, 0.717) is 6.04 Å². The molecule has 1 aliphatic rings. The number of hydrogen-bond donors (Lipinski definition) is 2. The zero-order chi connectivity index (χ0) is 13.0. The average Bonchev–Trinajstić information content (AvgIpc) is 2.35. The fourth-order valence-corrected chi connectivity index (χ4v) is 2.64. The number of nitrogens with one attached hydrogen (secondary N) is 1. The number of hydrogen-bond acceptors (Lipinski definition) is 3. The maximum atomic E-state index is 5.99. The van der Waals surface area contributed by atoms with Crippen LogP contribution in [0.2, 0.25) is 0 Å². The lowest BCUT2D eigenvalue weighted by molar-refractivity contribution is 0.223. The van der Waals surface area contributed by atoms with Gasteiger partial charge in [-0.2, -0.15) is 0 Å². The van der Waals surface area contributed by atoms with E-state index in [2.05, 4.69) is 36.2 Å². The van der Waals surface area contributed by atoms with Crippen molar-refractivity contribution in [2.75, 3.05) is 30.7 Å². The molecule has 18 heavy (non-hydrogen) atoms. The maximum absolute atomic E-state index is 5.99. The first-order chi connectivity index (χ1) is 8.65. The molecule has 1 heterocycles. The summed E-state index contributed by atoms with van der Waals surface area (Å²) < 4.78 is 0. The van der Waals surface area contributed by atoms with Gasteiger partial charge in [-0.1, -0.05) is 12.5 Å². The SMILES string of the molecule is Cc1ccc(N)c(NC(C)CN2CCCCC2)c1. The van der Waals surface area contributed by atoms with Gasteiger partial charge in [0.05, 0.1) is 11.4 Å². The van der Waals surface area contributed by atoms with Crippen LogP contribution < -0.4 is 11.1 Å². The van der Waals surface area contributed by atoms with E-state index in [9.17, 15) is 0 Å². The molecule has 1 saturated heterocycles. The molecular weight excluding hydrogens is 222 g/mol. The number of anilines is 2. The fourth-order valence-electron chi connectivity index (χ4n) is 2.64. The largest absolute Gasteiger partial charge is 0.397 e. The summed E-state index contributed by atoms with van der Waals surface area (Å²) in [6, 6.07) is 6.59. The zero-order valence-corrected chi connectivity index (χ0v) is 11.6. The van der Waals surface area contributed by atoms with Crippen LogP contribution in [-0.4, -0.2) is 30.6 Å². The Bertz CT molecular complexity index is 383. The summed E-state index contributed by atoms with van der Waals surface area (Å²) in [5.41, 5.74) is 9.15. The molecule has 0 saturated carbocycles. The third kappa shape index (κ3) is 3.64. The van der Waals surface area contributed by atoms with E-state index in [4.69, 9.17) is 5.73 Å². The molecule has 3 N–H and O–H groups in total. The van der Waals surface area contributed by atoms with Crippen molar-refractivity contribution in [2.24, 2.45) is 0 Å². The Labute approximate surface area is 110 Å². The first kappa shape index (κ1) is 13.2. The predicted octanol–water partition coefficient (Wildman–Crippen LogP) is 2.86. The fraction of sp³-hybridized carbons (Fsp3) is 0.600. The summed E-state index contributed by atoms with van der Waals surface area (Å²) in [6.45, 7) is 7.92. The molecule has 0 amide bonds. The normalized spacial score (nSPS) is 18.6. The summed E-state index contributed by atoms with van der Waals surface area (Å²) in [4.78, 5) is 2.55. The Kier molecular flexibility index (Phi) is 4.48. The van der Waals surface area contributed by atoms with E-state index in [-0.39, 0.29) is 0 Å². The van der Waals surface area contributed by atoms with Gasteiger partial charge in [0.15, 0.2) is 0 Å². The highest BCUT2D eigenvalue weighted by molar-refractivity contribution is 5.67. The highest BCUT2D eigenvalue weighted by atomic mass is 15.2. The topological polar surface area (TPSA) is 41.3 Å². The summed E-state index contributed by atoms with van der Waals surface area (Å²) in [6.07, 6.45) is 4.09. The third-order valence-corrected chi connectivity index (χ3v) is 3.59. The van der Waals surface area contributed by atoms with Crippen molar-refractivity contribution in [3.63, 3.8) is 0 Å². The van der Waals surface area contributed by atoms with Crippen molar-refractivity contribution in [2.45, 2.75) is 39.2 Å². The number of benzene rings is 1. The quantitative estimate of drug-likeness (QED) is 0.804. The van der Waals surface area contributed by atoms with Crippen LogP contribution in [0.25, 0.3) is 0 Å². The molecule has 0 spiro atoms. The minimum absolute atomic E-state index is 0.437. The minimum atomic E-state index is 0.437. The van der Waals surface area contributed by atoms with Gasteiger partial charge in [0.1, 0.15) is 0 Å². The minimum Gasteiger partial charge on any atom is -0.397 e. The molecule has 3 heteroatoms. The molecule has 1 aromatic carbocycles. The van der Waals surface area contributed by atoms with E-state index in [1.54, 1.807) is 0 Å². The maximum Gasteiger partial charge on any atom is 0.0579 e. The monoisotopic (exact) mass is 247 g/mol. The van der Waals surface area contributed by atoms with E-state index in [1.807, 2.05) is 6.07 Å². The number of likely N-dealkylation sites (tertiary alicyclic amines) is 1. The number of rotatable bonds is 4. The van der Waals surface area contributed by atoms with Crippen molar-refractivity contribution in [3.05, 3.63) is 23.8 Å². The summed E-state index contributed by atoms with van der Waals surface area (Å²) in [5, 5.41) is 3.53. The number of nitrogen functional groups attached to an aromatic ring is 1. The average molecular weight is 247 g/mol. The molecule has 1 unspecified atom stereocenters. The molecule has 1 fully saturated rings. The molecule has 0 bridgehead atoms. The Morgan fingerprint density at radius 3 is 2.72 bits per heavy atom. The standard InChI is InChI=1S/C15H25N3/c1-12-6-7-14(16)15(10-12)17-13(2)11-18-8-4-3-5-9-18/h6-7,10,13,17H,3-5,8-9,11,16H2,1-2H3. The van der Waals surface area contributed by atoms with Gasteiger partial charge >= 0.3 is 0 Å². The van der Waals surface area contributed by atoms with Crippen LogP contribution >= 0.6 is 0 Å². The summed E-state index contributed by atoms with van der Waals surface area (Å²) >= 11 is 0. The van der Waals surface area contributed by atoms with E-state index in [0.717, 1.165) is 17.9 Å². The lowest BCUT2D eigenvalue weighted by Crippen LogP contribution is -2.38. The Balaban J connectivity index is 1.89. The molecule has 100 valence electrons. The molecule has 0 aliphatic carbocycles. The van der Waals surface area contributed by atoms with Gasteiger partial charge in [-0.3, -0.25) is 0 Å². The molecule has 1 aromatic rings. The van der Waals surface area contributed by atoms with Crippen LogP contribution in [0.5, 0.6) is 0 Å². The first-order valence-corrected chi connectivity index (χ1v) is 7.00. The second kappa shape index (κ2) is 6.10. The van der Waals surface area contributed by atoms with Gasteiger partial charge in [0.2, 0.25) is 0 Å². The zero-order valence-electron chi connectivity index (χ0n) is 11.6. The van der Waals surface area contributed by atoms with Crippen LogP contribution in [0, 0.1) is 6.92 Å². The number of piperidine rings is 1. The van der Waals surface area contributed by atoms with Crippen molar-refractivity contribution < 1.29 is 0 Å². The second-order valence-electron chi connectivity index (χ2n) is 5.50. The highest BCUT2D eigenvalue weighted by Crippen LogP contribution is 2.21. The van der Waals surface area contributed by atoms with E-state index in [1.165, 1.54) is 37.9 Å².